The Hall–Kier alpha value is -2.72. The van der Waals surface area contributed by atoms with Crippen LogP contribution in [0.3, 0.4) is 0 Å². The van der Waals surface area contributed by atoms with Crippen LogP contribution in [0.2, 0.25) is 0 Å². The van der Waals surface area contributed by atoms with Crippen molar-refractivity contribution in [2.75, 3.05) is 13.0 Å². The molecule has 0 spiro atoms. The average molecular weight is 436 g/mol. The molecular weight excluding hydrogens is 408 g/mol. The summed E-state index contributed by atoms with van der Waals surface area (Å²) in [6.07, 6.45) is 6.33. The molecule has 1 saturated heterocycles. The fourth-order valence-corrected chi connectivity index (χ4v) is 2.06. The van der Waals surface area contributed by atoms with E-state index in [1.165, 1.54) is 13.3 Å². The number of primary amides is 1. The van der Waals surface area contributed by atoms with Gasteiger partial charge in [-0.25, -0.2) is 0 Å². The molecule has 0 saturated carbocycles. The maximum atomic E-state index is 11.1. The van der Waals surface area contributed by atoms with Gasteiger partial charge >= 0.3 is 5.97 Å². The van der Waals surface area contributed by atoms with Crippen molar-refractivity contribution in [1.82, 2.24) is 0 Å². The minimum Gasteiger partial charge on any atom is -0.481 e. The number of rotatable bonds is 4. The van der Waals surface area contributed by atoms with Gasteiger partial charge in [-0.1, -0.05) is 0 Å². The van der Waals surface area contributed by atoms with E-state index in [0.717, 1.165) is 26.7 Å². The third kappa shape index (κ3) is 16.0. The van der Waals surface area contributed by atoms with Crippen molar-refractivity contribution in [3.63, 3.8) is 0 Å². The lowest BCUT2D eigenvalue weighted by atomic mass is 10.2. The fourth-order valence-electron chi connectivity index (χ4n) is 2.06. The Kier molecular flexibility index (Phi) is 16.0. The van der Waals surface area contributed by atoms with Crippen LogP contribution in [0.15, 0.2) is 24.5 Å². The molecule has 4 N–H and O–H groups in total. The Labute approximate surface area is 174 Å². The van der Waals surface area contributed by atoms with Crippen LogP contribution in [0.25, 0.3) is 0 Å². The number of carbonyl (C=O) groups is 4. The van der Waals surface area contributed by atoms with Crippen LogP contribution in [0.1, 0.15) is 50.2 Å². The zero-order valence-electron chi connectivity index (χ0n) is 16.8. The summed E-state index contributed by atoms with van der Waals surface area (Å²) in [5.41, 5.74) is 5.68. The summed E-state index contributed by atoms with van der Waals surface area (Å²) >= 11 is 4.64. The third-order valence-electron chi connectivity index (χ3n) is 3.00. The van der Waals surface area contributed by atoms with Crippen molar-refractivity contribution in [1.29, 1.82) is 0 Å². The summed E-state index contributed by atoms with van der Waals surface area (Å²) in [6, 6.07) is 3.41. The molecule has 0 radical (unpaired) electrons. The molecule has 2 unspecified atom stereocenters. The number of pyridine rings is 1. The molecule has 1 aliphatic heterocycles. The Morgan fingerprint density at radius 1 is 1.17 bits per heavy atom. The van der Waals surface area contributed by atoms with E-state index in [2.05, 4.69) is 11.6 Å². The van der Waals surface area contributed by atoms with E-state index in [0.29, 0.717) is 5.56 Å². The maximum Gasteiger partial charge on any atom is 0.302 e. The van der Waals surface area contributed by atoms with E-state index in [9.17, 15) is 9.59 Å². The molecule has 0 bridgehead atoms. The number of ether oxygens (including phenoxy) is 2. The van der Waals surface area contributed by atoms with Crippen LogP contribution in [0.5, 0.6) is 0 Å². The molecule has 1 aliphatic rings. The van der Waals surface area contributed by atoms with Gasteiger partial charge < -0.3 is 25.4 Å². The monoisotopic (exact) mass is 435 g/mol. The molecular formula is C18H28ClN2O8+. The number of carbonyl (C=O) groups excluding carboxylic acids is 2. The second-order valence-corrected chi connectivity index (χ2v) is 5.53. The third-order valence-corrected chi connectivity index (χ3v) is 3.00. The lowest BCUT2D eigenvalue weighted by Crippen LogP contribution is -2.40. The Morgan fingerprint density at radius 2 is 1.69 bits per heavy atom. The van der Waals surface area contributed by atoms with Crippen molar-refractivity contribution < 1.29 is 43.4 Å². The summed E-state index contributed by atoms with van der Waals surface area (Å²) in [4.78, 5) is 39.9. The molecule has 1 fully saturated rings. The highest BCUT2D eigenvalue weighted by Gasteiger charge is 2.32. The molecule has 29 heavy (non-hydrogen) atoms. The van der Waals surface area contributed by atoms with E-state index in [1.54, 1.807) is 18.3 Å². The number of nitrogens with two attached hydrogens (primary N) is 1. The van der Waals surface area contributed by atoms with Gasteiger partial charge in [-0.15, -0.1) is 11.6 Å². The molecule has 2 heterocycles. The number of halogens is 1. The lowest BCUT2D eigenvalue weighted by molar-refractivity contribution is -0.759. The minimum atomic E-state index is -0.833. The van der Waals surface area contributed by atoms with Gasteiger partial charge in [0.2, 0.25) is 0 Å². The molecule has 10 nitrogen and oxygen atoms in total. The number of amides is 1. The van der Waals surface area contributed by atoms with Crippen LogP contribution >= 0.6 is 11.6 Å². The Morgan fingerprint density at radius 3 is 2.14 bits per heavy atom. The van der Waals surface area contributed by atoms with Gasteiger partial charge in [0.15, 0.2) is 12.4 Å². The van der Waals surface area contributed by atoms with Crippen LogP contribution in [-0.2, 0) is 23.9 Å². The number of alkyl halides is 1. The fraction of sp³-hybridized carbons (Fsp3) is 0.500. The first-order valence-corrected chi connectivity index (χ1v) is 9.14. The van der Waals surface area contributed by atoms with Gasteiger partial charge in [-0.2, -0.15) is 4.57 Å². The van der Waals surface area contributed by atoms with Crippen LogP contribution < -0.4 is 10.3 Å². The van der Waals surface area contributed by atoms with Crippen LogP contribution in [0, 0.1) is 0 Å². The van der Waals surface area contributed by atoms with E-state index in [1.807, 2.05) is 10.8 Å². The molecule has 1 aromatic rings. The number of aliphatic carboxylic acids is 2. The quantitative estimate of drug-likeness (QED) is 0.363. The number of nitrogens with zero attached hydrogens (tertiary/aromatic N) is 1. The molecule has 11 heteroatoms. The molecule has 0 aromatic carbocycles. The standard InChI is InChI=1S/C13H16N2O4.2C2H4O2.CH3Cl/c1-9(16)18-8-11-4-5-12(19-11)15-6-2-3-10(7-15)13(14)17;2*1-2(3)4;1-2/h2-3,6-7,11-12H,4-5,8H2,1H3,(H-,14,17);2*1H3,(H,3,4);1H3/p+1. The highest BCUT2D eigenvalue weighted by Crippen LogP contribution is 2.24. The molecule has 2 atom stereocenters. The second kappa shape index (κ2) is 16.3. The van der Waals surface area contributed by atoms with E-state index >= 15 is 0 Å². The highest BCUT2D eigenvalue weighted by molar-refractivity contribution is 6.15. The van der Waals surface area contributed by atoms with Crippen LogP contribution in [0.4, 0.5) is 0 Å². The number of hydrogen-bond donors (Lipinski definition) is 3. The zero-order chi connectivity index (χ0) is 23.0. The minimum absolute atomic E-state index is 0.0985. The van der Waals surface area contributed by atoms with Gasteiger partial charge in [-0.3, -0.25) is 19.2 Å². The van der Waals surface area contributed by atoms with Crippen molar-refractivity contribution in [2.45, 2.75) is 45.9 Å². The second-order valence-electron chi connectivity index (χ2n) is 5.53. The van der Waals surface area contributed by atoms with E-state index in [-0.39, 0.29) is 24.9 Å². The number of esters is 1. The number of carboxylic acid groups (broad SMARTS) is 2. The lowest BCUT2D eigenvalue weighted by Gasteiger charge is -2.10. The molecule has 1 amide bonds. The van der Waals surface area contributed by atoms with E-state index in [4.69, 9.17) is 35.0 Å². The van der Waals surface area contributed by atoms with Crippen molar-refractivity contribution >= 4 is 35.4 Å². The highest BCUT2D eigenvalue weighted by atomic mass is 35.5. The number of hydrogen-bond acceptors (Lipinski definition) is 6. The summed E-state index contributed by atoms with van der Waals surface area (Å²) in [6.45, 7) is 3.80. The Bertz CT molecular complexity index is 649. The number of carboxylic acids is 2. The van der Waals surface area contributed by atoms with Gasteiger partial charge in [0.25, 0.3) is 24.1 Å². The summed E-state index contributed by atoms with van der Waals surface area (Å²) < 4.78 is 12.5. The zero-order valence-corrected chi connectivity index (χ0v) is 17.6. The van der Waals surface area contributed by atoms with Gasteiger partial charge in [-0.05, 0) is 12.5 Å². The normalized spacial score (nSPS) is 16.4. The molecule has 2 rings (SSSR count). The van der Waals surface area contributed by atoms with Gasteiger partial charge in [0, 0.05) is 39.6 Å². The SMILES string of the molecule is CC(=O)O.CC(=O)O.CC(=O)OCC1CCC([n+]2cccc(C(N)=O)c2)O1.CCl. The smallest absolute Gasteiger partial charge is 0.302 e. The van der Waals surface area contributed by atoms with Gasteiger partial charge in [0.1, 0.15) is 12.2 Å². The number of aromatic nitrogens is 1. The van der Waals surface area contributed by atoms with Gasteiger partial charge in [0.05, 0.1) is 6.10 Å². The first-order valence-electron chi connectivity index (χ1n) is 8.39. The molecule has 1 aromatic heterocycles. The average Bonchev–Trinajstić information content (AvgIpc) is 3.10. The molecule has 0 aliphatic carbocycles. The summed E-state index contributed by atoms with van der Waals surface area (Å²) in [7, 11) is 0. The summed E-state index contributed by atoms with van der Waals surface area (Å²) in [5.74, 6) is -2.45. The first kappa shape index (κ1) is 28.5. The Balaban J connectivity index is 0. The van der Waals surface area contributed by atoms with Crippen molar-refractivity contribution in [3.05, 3.63) is 30.1 Å². The predicted molar refractivity (Wildman–Crippen MR) is 103 cm³/mol. The van der Waals surface area contributed by atoms with Crippen LogP contribution in [-0.4, -0.2) is 53.1 Å². The van der Waals surface area contributed by atoms with Crippen molar-refractivity contribution in [2.24, 2.45) is 5.73 Å². The molecule has 164 valence electrons. The largest absolute Gasteiger partial charge is 0.481 e. The van der Waals surface area contributed by atoms with Crippen molar-refractivity contribution in [3.8, 4) is 0 Å². The maximum absolute atomic E-state index is 11.1. The van der Waals surface area contributed by atoms with E-state index < -0.39 is 17.8 Å². The topological polar surface area (TPSA) is 157 Å². The predicted octanol–water partition coefficient (Wildman–Crippen LogP) is 1.35. The first-order chi connectivity index (χ1) is 13.5. The summed E-state index contributed by atoms with van der Waals surface area (Å²) in [5, 5.41) is 14.8.